The first-order valence-corrected chi connectivity index (χ1v) is 5.68. The molecule has 1 aromatic carbocycles. The van der Waals surface area contributed by atoms with E-state index in [0.29, 0.717) is 0 Å². The molecule has 0 saturated carbocycles. The molecule has 0 atom stereocenters. The Labute approximate surface area is 117 Å². The number of nitrogens with zero attached hydrogens (tertiary/aromatic N) is 3. The van der Waals surface area contributed by atoms with E-state index >= 15 is 0 Å². The molecule has 0 spiro atoms. The first-order valence-electron chi connectivity index (χ1n) is 5.31. The molecule has 1 aromatic heterocycles. The third kappa shape index (κ3) is 3.04. The number of aromatic carboxylic acids is 1. The van der Waals surface area contributed by atoms with Crippen LogP contribution in [0.15, 0.2) is 30.5 Å². The third-order valence-electron chi connectivity index (χ3n) is 2.31. The zero-order chi connectivity index (χ0) is 14.7. The van der Waals surface area contributed by atoms with Crippen molar-refractivity contribution in [3.05, 3.63) is 51.3 Å². The average Bonchev–Trinajstić information content (AvgIpc) is 2.78. The first-order chi connectivity index (χ1) is 9.47. The number of hydrogen-bond acceptors (Lipinski definition) is 5. The van der Waals surface area contributed by atoms with Crippen molar-refractivity contribution in [3.8, 4) is 5.75 Å². The summed E-state index contributed by atoms with van der Waals surface area (Å²) in [7, 11) is 0. The number of benzene rings is 1. The summed E-state index contributed by atoms with van der Waals surface area (Å²) in [6.45, 7) is -0.117. The number of halogens is 1. The van der Waals surface area contributed by atoms with Crippen LogP contribution in [0.1, 0.15) is 10.5 Å². The fourth-order valence-corrected chi connectivity index (χ4v) is 1.67. The Balaban J connectivity index is 2.09. The topological polar surface area (TPSA) is 107 Å². The van der Waals surface area contributed by atoms with E-state index in [1.54, 1.807) is 0 Å². The normalized spacial score (nSPS) is 10.2. The maximum atomic E-state index is 10.8. The van der Waals surface area contributed by atoms with Crippen LogP contribution in [0.3, 0.4) is 0 Å². The van der Waals surface area contributed by atoms with Gasteiger partial charge in [0.05, 0.1) is 16.0 Å². The Morgan fingerprint density at radius 3 is 2.90 bits per heavy atom. The molecule has 2 rings (SSSR count). The van der Waals surface area contributed by atoms with Crippen molar-refractivity contribution in [3.63, 3.8) is 0 Å². The van der Waals surface area contributed by atoms with Crippen LogP contribution in [-0.4, -0.2) is 25.8 Å². The molecule has 0 aliphatic carbocycles. The minimum atomic E-state index is -1.25. The summed E-state index contributed by atoms with van der Waals surface area (Å²) >= 11 is 5.68. The number of nitro groups is 1. The van der Waals surface area contributed by atoms with E-state index in [2.05, 4.69) is 5.10 Å². The molecule has 0 radical (unpaired) electrons. The molecule has 8 nitrogen and oxygen atoms in total. The van der Waals surface area contributed by atoms with Crippen molar-refractivity contribution < 1.29 is 19.6 Å². The van der Waals surface area contributed by atoms with Crippen molar-refractivity contribution in [2.45, 2.75) is 6.73 Å². The number of carboxylic acids is 1. The van der Waals surface area contributed by atoms with Gasteiger partial charge in [0.2, 0.25) is 0 Å². The molecule has 0 unspecified atom stereocenters. The van der Waals surface area contributed by atoms with Gasteiger partial charge < -0.3 is 9.84 Å². The van der Waals surface area contributed by atoms with Gasteiger partial charge in [-0.05, 0) is 6.07 Å². The summed E-state index contributed by atoms with van der Waals surface area (Å²) in [5, 5.41) is 23.1. The highest BCUT2D eigenvalue weighted by Gasteiger charge is 2.14. The van der Waals surface area contributed by atoms with Crippen LogP contribution in [0.2, 0.25) is 5.02 Å². The summed E-state index contributed by atoms with van der Waals surface area (Å²) in [4.78, 5) is 20.8. The van der Waals surface area contributed by atoms with Gasteiger partial charge in [-0.25, -0.2) is 9.48 Å². The Bertz CT molecular complexity index is 670. The number of aromatic nitrogens is 2. The zero-order valence-electron chi connectivity index (χ0n) is 9.89. The number of carboxylic acid groups (broad SMARTS) is 1. The second kappa shape index (κ2) is 5.57. The monoisotopic (exact) mass is 297 g/mol. The van der Waals surface area contributed by atoms with Crippen LogP contribution in [0.5, 0.6) is 5.75 Å². The highest BCUT2D eigenvalue weighted by atomic mass is 35.5. The molecule has 20 heavy (non-hydrogen) atoms. The van der Waals surface area contributed by atoms with Crippen LogP contribution < -0.4 is 4.74 Å². The maximum Gasteiger partial charge on any atom is 0.357 e. The van der Waals surface area contributed by atoms with Gasteiger partial charge in [0.1, 0.15) is 5.75 Å². The van der Waals surface area contributed by atoms with Gasteiger partial charge in [-0.2, -0.15) is 5.10 Å². The molecule has 0 saturated heterocycles. The van der Waals surface area contributed by atoms with E-state index in [-0.39, 0.29) is 28.9 Å². The van der Waals surface area contributed by atoms with Crippen LogP contribution >= 0.6 is 11.6 Å². The number of rotatable bonds is 5. The summed E-state index contributed by atoms with van der Waals surface area (Å²) < 4.78 is 6.46. The van der Waals surface area contributed by atoms with E-state index in [4.69, 9.17) is 21.4 Å². The minimum absolute atomic E-state index is 0.0138. The predicted octanol–water partition coefficient (Wildman–Crippen LogP) is 2.18. The molecule has 0 bridgehead atoms. The van der Waals surface area contributed by atoms with Crippen molar-refractivity contribution >= 4 is 23.3 Å². The van der Waals surface area contributed by atoms with Gasteiger partial charge in [-0.15, -0.1) is 0 Å². The van der Waals surface area contributed by atoms with Crippen LogP contribution in [0, 0.1) is 10.1 Å². The minimum Gasteiger partial charge on any atom is -0.476 e. The lowest BCUT2D eigenvalue weighted by atomic mass is 10.3. The molecular formula is C11H8ClN3O5. The Kier molecular flexibility index (Phi) is 3.85. The lowest BCUT2D eigenvalue weighted by Crippen LogP contribution is -2.07. The van der Waals surface area contributed by atoms with Crippen LogP contribution in [0.4, 0.5) is 5.69 Å². The maximum absolute atomic E-state index is 10.8. The first kappa shape index (κ1) is 13.8. The van der Waals surface area contributed by atoms with Gasteiger partial charge in [0.25, 0.3) is 5.69 Å². The standard InChI is InChI=1S/C11H8ClN3O5/c12-9-5-14(13-10(9)11(16)17)6-20-8-3-1-2-7(4-8)15(18)19/h1-5H,6H2,(H,16,17). The lowest BCUT2D eigenvalue weighted by Gasteiger charge is -2.05. The molecule has 9 heteroatoms. The Morgan fingerprint density at radius 1 is 1.55 bits per heavy atom. The van der Waals surface area contributed by atoms with Crippen LogP contribution in [-0.2, 0) is 6.73 Å². The average molecular weight is 298 g/mol. The van der Waals surface area contributed by atoms with Gasteiger partial charge >= 0.3 is 5.97 Å². The van der Waals surface area contributed by atoms with Crippen molar-refractivity contribution in [2.75, 3.05) is 0 Å². The Morgan fingerprint density at radius 2 is 2.30 bits per heavy atom. The fourth-order valence-electron chi connectivity index (χ4n) is 1.44. The molecule has 0 fully saturated rings. The molecular weight excluding hydrogens is 290 g/mol. The van der Waals surface area contributed by atoms with Gasteiger partial charge in [0.15, 0.2) is 12.4 Å². The highest BCUT2D eigenvalue weighted by molar-refractivity contribution is 6.33. The van der Waals surface area contributed by atoms with Crippen molar-refractivity contribution in [2.24, 2.45) is 0 Å². The highest BCUT2D eigenvalue weighted by Crippen LogP contribution is 2.20. The summed E-state index contributed by atoms with van der Waals surface area (Å²) in [6.07, 6.45) is 1.29. The van der Waals surface area contributed by atoms with Crippen LogP contribution in [0.25, 0.3) is 0 Å². The third-order valence-corrected chi connectivity index (χ3v) is 2.59. The number of non-ortho nitro benzene ring substituents is 1. The zero-order valence-corrected chi connectivity index (χ0v) is 10.6. The molecule has 1 heterocycles. The molecule has 0 aliphatic heterocycles. The Hall–Kier alpha value is -2.61. The molecule has 2 aromatic rings. The fraction of sp³-hybridized carbons (Fsp3) is 0.0909. The lowest BCUT2D eigenvalue weighted by molar-refractivity contribution is -0.384. The smallest absolute Gasteiger partial charge is 0.357 e. The van der Waals surface area contributed by atoms with E-state index in [1.165, 1.54) is 35.1 Å². The van der Waals surface area contributed by atoms with E-state index in [1.807, 2.05) is 0 Å². The van der Waals surface area contributed by atoms with E-state index in [9.17, 15) is 14.9 Å². The van der Waals surface area contributed by atoms with Gasteiger partial charge in [-0.1, -0.05) is 17.7 Å². The van der Waals surface area contributed by atoms with Crippen molar-refractivity contribution in [1.82, 2.24) is 9.78 Å². The molecule has 1 N–H and O–H groups in total. The largest absolute Gasteiger partial charge is 0.476 e. The molecule has 0 aliphatic rings. The number of hydrogen-bond donors (Lipinski definition) is 1. The summed E-state index contributed by atoms with van der Waals surface area (Å²) in [5.74, 6) is -0.980. The molecule has 0 amide bonds. The van der Waals surface area contributed by atoms with E-state index in [0.717, 1.165) is 0 Å². The van der Waals surface area contributed by atoms with Crippen molar-refractivity contribution in [1.29, 1.82) is 0 Å². The summed E-state index contributed by atoms with van der Waals surface area (Å²) in [5.41, 5.74) is -0.387. The van der Waals surface area contributed by atoms with Gasteiger partial charge in [0, 0.05) is 12.3 Å². The molecule has 104 valence electrons. The number of carbonyl (C=O) groups is 1. The van der Waals surface area contributed by atoms with E-state index < -0.39 is 10.9 Å². The number of ether oxygens (including phenoxy) is 1. The summed E-state index contributed by atoms with van der Waals surface area (Å²) in [6, 6.07) is 5.60. The second-order valence-corrected chi connectivity index (χ2v) is 4.11. The quantitative estimate of drug-likeness (QED) is 0.669. The van der Waals surface area contributed by atoms with Gasteiger partial charge in [-0.3, -0.25) is 10.1 Å². The second-order valence-electron chi connectivity index (χ2n) is 3.70. The SMILES string of the molecule is O=C(O)c1nn(COc2cccc([N+](=O)[O-])c2)cc1Cl. The predicted molar refractivity (Wildman–Crippen MR) is 67.9 cm³/mol. The number of nitro benzene ring substituents is 1.